The number of fused-ring (bicyclic) bond motifs is 1. The van der Waals surface area contributed by atoms with Gasteiger partial charge in [0.15, 0.2) is 5.65 Å². The molecule has 1 aliphatic rings. The number of aryl methyl sites for hydroxylation is 2. The summed E-state index contributed by atoms with van der Waals surface area (Å²) in [6.07, 6.45) is 7.78. The average molecular weight is 509 g/mol. The number of unbranched alkanes of at least 4 members (excludes halogenated alkanes) is 3. The number of rotatable bonds is 10. The molecule has 0 saturated carbocycles. The highest BCUT2D eigenvalue weighted by Crippen LogP contribution is 2.30. The molecule has 1 aromatic carbocycles. The molecule has 2 aromatic heterocycles. The maximum atomic E-state index is 13.6. The minimum absolute atomic E-state index is 0.267. The van der Waals surface area contributed by atoms with Gasteiger partial charge in [0, 0.05) is 39.0 Å². The second-order valence-electron chi connectivity index (χ2n) is 10.6. The fourth-order valence-electron chi connectivity index (χ4n) is 4.97. The van der Waals surface area contributed by atoms with Crippen molar-refractivity contribution < 1.29 is 9.18 Å². The fraction of sp³-hybridized carbons (Fsp3) is 0.586. The summed E-state index contributed by atoms with van der Waals surface area (Å²) in [4.78, 5) is 27.2. The molecule has 0 spiro atoms. The van der Waals surface area contributed by atoms with E-state index in [1.165, 1.54) is 25.0 Å². The predicted octanol–water partition coefficient (Wildman–Crippen LogP) is 5.86. The maximum Gasteiger partial charge on any atom is 0.222 e. The van der Waals surface area contributed by atoms with Crippen LogP contribution < -0.4 is 4.90 Å². The molecule has 8 heteroatoms. The molecule has 4 rings (SSSR count). The number of carbonyl (C=O) groups is 1. The predicted molar refractivity (Wildman–Crippen MR) is 147 cm³/mol. The van der Waals surface area contributed by atoms with Crippen LogP contribution in [0.5, 0.6) is 0 Å². The summed E-state index contributed by atoms with van der Waals surface area (Å²) in [7, 11) is 0. The van der Waals surface area contributed by atoms with Crippen molar-refractivity contribution in [1.82, 2.24) is 24.6 Å². The van der Waals surface area contributed by atoms with Gasteiger partial charge in [0.2, 0.25) is 5.91 Å². The van der Waals surface area contributed by atoms with Crippen LogP contribution in [0.3, 0.4) is 0 Å². The molecule has 37 heavy (non-hydrogen) atoms. The third-order valence-corrected chi connectivity index (χ3v) is 7.14. The molecule has 0 bridgehead atoms. The Kier molecular flexibility index (Phi) is 9.11. The van der Waals surface area contributed by atoms with Gasteiger partial charge in [0.1, 0.15) is 17.5 Å². The second-order valence-corrected chi connectivity index (χ2v) is 10.6. The van der Waals surface area contributed by atoms with Crippen LogP contribution in [-0.4, -0.2) is 56.7 Å². The summed E-state index contributed by atoms with van der Waals surface area (Å²) in [5.41, 5.74) is 2.37. The molecule has 0 N–H and O–H groups in total. The number of hydrogen-bond donors (Lipinski definition) is 0. The van der Waals surface area contributed by atoms with E-state index in [9.17, 15) is 9.18 Å². The minimum Gasteiger partial charge on any atom is -0.354 e. The Morgan fingerprint density at radius 3 is 2.54 bits per heavy atom. The lowest BCUT2D eigenvalue weighted by Crippen LogP contribution is -2.35. The number of halogens is 1. The van der Waals surface area contributed by atoms with E-state index in [1.807, 2.05) is 11.8 Å². The van der Waals surface area contributed by atoms with Gasteiger partial charge in [-0.25, -0.2) is 19.0 Å². The van der Waals surface area contributed by atoms with Crippen molar-refractivity contribution in [1.29, 1.82) is 0 Å². The molecule has 3 aromatic rings. The highest BCUT2D eigenvalue weighted by Gasteiger charge is 2.25. The van der Waals surface area contributed by atoms with Gasteiger partial charge in [-0.05, 0) is 56.4 Å². The van der Waals surface area contributed by atoms with Crippen LogP contribution in [0.25, 0.3) is 16.7 Å². The van der Waals surface area contributed by atoms with Crippen molar-refractivity contribution in [2.24, 2.45) is 5.92 Å². The Bertz CT molecular complexity index is 1190. The van der Waals surface area contributed by atoms with Gasteiger partial charge in [0.25, 0.3) is 0 Å². The lowest BCUT2D eigenvalue weighted by atomic mass is 10.1. The van der Waals surface area contributed by atoms with Crippen LogP contribution in [0.1, 0.15) is 77.2 Å². The fourth-order valence-corrected chi connectivity index (χ4v) is 4.97. The first-order valence-corrected chi connectivity index (χ1v) is 13.9. The zero-order valence-corrected chi connectivity index (χ0v) is 22.8. The van der Waals surface area contributed by atoms with Gasteiger partial charge >= 0.3 is 0 Å². The smallest absolute Gasteiger partial charge is 0.222 e. The zero-order valence-electron chi connectivity index (χ0n) is 22.8. The number of benzene rings is 1. The maximum absolute atomic E-state index is 13.6. The van der Waals surface area contributed by atoms with Crippen LogP contribution in [0, 0.1) is 18.7 Å². The van der Waals surface area contributed by atoms with Crippen molar-refractivity contribution >= 4 is 22.8 Å². The van der Waals surface area contributed by atoms with E-state index in [0.717, 1.165) is 85.8 Å². The van der Waals surface area contributed by atoms with E-state index in [1.54, 1.807) is 16.8 Å². The van der Waals surface area contributed by atoms with E-state index >= 15 is 0 Å². The number of anilines is 1. The van der Waals surface area contributed by atoms with Gasteiger partial charge in [-0.15, -0.1) is 0 Å². The Morgan fingerprint density at radius 2 is 1.81 bits per heavy atom. The Labute approximate surface area is 220 Å². The second kappa shape index (κ2) is 12.5. The number of nitrogens with zero attached hydrogens (tertiary/aromatic N) is 6. The molecule has 1 amide bonds. The standard InChI is InChI=1S/C29H41FN6O/c1-5-6-7-8-10-26(37)34-17-9-18-35(20-19-34)28-27-22(4)33-36(24-14-12-23(30)13-15-24)29(27)32-25(31-28)16-11-21(2)3/h12-15,21H,5-11,16-20H2,1-4H3. The lowest BCUT2D eigenvalue weighted by molar-refractivity contribution is -0.131. The van der Waals surface area contributed by atoms with Crippen molar-refractivity contribution in [2.45, 2.75) is 79.1 Å². The monoisotopic (exact) mass is 508 g/mol. The van der Waals surface area contributed by atoms with Crippen LogP contribution >= 0.6 is 0 Å². The van der Waals surface area contributed by atoms with E-state index in [-0.39, 0.29) is 11.7 Å². The van der Waals surface area contributed by atoms with E-state index in [0.29, 0.717) is 18.9 Å². The molecule has 0 unspecified atom stereocenters. The van der Waals surface area contributed by atoms with Gasteiger partial charge in [-0.3, -0.25) is 4.79 Å². The zero-order chi connectivity index (χ0) is 26.4. The first kappa shape index (κ1) is 27.0. The van der Waals surface area contributed by atoms with Crippen LogP contribution in [-0.2, 0) is 11.2 Å². The molecular weight excluding hydrogens is 467 g/mol. The molecule has 0 aliphatic carbocycles. The molecule has 0 radical (unpaired) electrons. The molecule has 7 nitrogen and oxygen atoms in total. The first-order chi connectivity index (χ1) is 17.9. The van der Waals surface area contributed by atoms with Gasteiger partial charge in [0.05, 0.1) is 16.8 Å². The summed E-state index contributed by atoms with van der Waals surface area (Å²) in [6, 6.07) is 6.35. The summed E-state index contributed by atoms with van der Waals surface area (Å²) in [5.74, 6) is 2.23. The quantitative estimate of drug-likeness (QED) is 0.321. The highest BCUT2D eigenvalue weighted by molar-refractivity contribution is 5.91. The molecule has 1 saturated heterocycles. The van der Waals surface area contributed by atoms with Crippen molar-refractivity contribution in [3.8, 4) is 5.69 Å². The van der Waals surface area contributed by atoms with E-state index in [4.69, 9.17) is 15.1 Å². The molecule has 3 heterocycles. The summed E-state index contributed by atoms with van der Waals surface area (Å²) < 4.78 is 15.4. The van der Waals surface area contributed by atoms with Crippen LogP contribution in [0.2, 0.25) is 0 Å². The number of amides is 1. The Balaban J connectivity index is 1.63. The molecular formula is C29H41FN6O. The third-order valence-electron chi connectivity index (χ3n) is 7.14. The summed E-state index contributed by atoms with van der Waals surface area (Å²) >= 11 is 0. The SMILES string of the molecule is CCCCCCC(=O)N1CCCN(c2nc(CCC(C)C)nc3c2c(C)nn3-c2ccc(F)cc2)CC1. The Hall–Kier alpha value is -3.03. The number of aromatic nitrogens is 4. The van der Waals surface area contributed by atoms with Crippen molar-refractivity contribution in [3.63, 3.8) is 0 Å². The lowest BCUT2D eigenvalue weighted by Gasteiger charge is -2.24. The van der Waals surface area contributed by atoms with Crippen molar-refractivity contribution in [3.05, 3.63) is 41.6 Å². The molecule has 1 aliphatic heterocycles. The third kappa shape index (κ3) is 6.65. The van der Waals surface area contributed by atoms with Gasteiger partial charge < -0.3 is 9.80 Å². The van der Waals surface area contributed by atoms with Gasteiger partial charge in [-0.1, -0.05) is 40.0 Å². The van der Waals surface area contributed by atoms with Crippen LogP contribution in [0.15, 0.2) is 24.3 Å². The summed E-state index contributed by atoms with van der Waals surface area (Å²) in [5, 5.41) is 5.73. The average Bonchev–Trinajstić information content (AvgIpc) is 3.05. The number of hydrogen-bond acceptors (Lipinski definition) is 5. The highest BCUT2D eigenvalue weighted by atomic mass is 19.1. The minimum atomic E-state index is -0.279. The largest absolute Gasteiger partial charge is 0.354 e. The summed E-state index contributed by atoms with van der Waals surface area (Å²) in [6.45, 7) is 11.6. The van der Waals surface area contributed by atoms with Crippen molar-refractivity contribution in [2.75, 3.05) is 31.1 Å². The molecule has 1 fully saturated rings. The Morgan fingerprint density at radius 1 is 1.03 bits per heavy atom. The van der Waals surface area contributed by atoms with Crippen LogP contribution in [0.4, 0.5) is 10.2 Å². The number of carbonyl (C=O) groups excluding carboxylic acids is 1. The normalized spacial score (nSPS) is 14.5. The van der Waals surface area contributed by atoms with Gasteiger partial charge in [-0.2, -0.15) is 5.10 Å². The van der Waals surface area contributed by atoms with E-state index in [2.05, 4.69) is 25.7 Å². The molecule has 0 atom stereocenters. The topological polar surface area (TPSA) is 67.2 Å². The molecule has 200 valence electrons. The van der Waals surface area contributed by atoms with E-state index < -0.39 is 0 Å². The first-order valence-electron chi connectivity index (χ1n) is 13.9.